The number of unbranched alkanes of at least 4 members (excludes halogenated alkanes) is 17. The lowest BCUT2D eigenvalue weighted by molar-refractivity contribution is -0.167. The zero-order valence-electron chi connectivity index (χ0n) is 45.7. The summed E-state index contributed by atoms with van der Waals surface area (Å²) < 4.78 is 16.8. The molecule has 0 amide bonds. The van der Waals surface area contributed by atoms with Crippen molar-refractivity contribution in [3.05, 3.63) is 134 Å². The van der Waals surface area contributed by atoms with Gasteiger partial charge in [-0.1, -0.05) is 225 Å². The summed E-state index contributed by atoms with van der Waals surface area (Å²) in [4.78, 5) is 38.2. The molecule has 6 heteroatoms. The molecule has 0 aliphatic carbocycles. The van der Waals surface area contributed by atoms with E-state index in [9.17, 15) is 14.4 Å². The quantitative estimate of drug-likeness (QED) is 0.0262. The minimum absolute atomic E-state index is 0.115. The molecule has 0 fully saturated rings. The maximum atomic E-state index is 12.8. The van der Waals surface area contributed by atoms with E-state index in [0.717, 1.165) is 141 Å². The van der Waals surface area contributed by atoms with Crippen molar-refractivity contribution >= 4 is 17.9 Å². The number of hydrogen-bond acceptors (Lipinski definition) is 6. The molecular weight excluding hydrogens is 877 g/mol. The molecule has 0 spiro atoms. The van der Waals surface area contributed by atoms with E-state index in [4.69, 9.17) is 14.2 Å². The normalized spacial score (nSPS) is 13.1. The molecule has 0 bridgehead atoms. The topological polar surface area (TPSA) is 78.9 Å². The number of carbonyl (C=O) groups excluding carboxylic acids is 3. The van der Waals surface area contributed by atoms with Crippen LogP contribution in [0.1, 0.15) is 239 Å². The van der Waals surface area contributed by atoms with Gasteiger partial charge in [0.25, 0.3) is 0 Å². The Kier molecular flexibility index (Phi) is 54.5. The van der Waals surface area contributed by atoms with Crippen molar-refractivity contribution in [2.75, 3.05) is 13.2 Å². The summed E-state index contributed by atoms with van der Waals surface area (Å²) in [5.74, 6) is -1.01. The summed E-state index contributed by atoms with van der Waals surface area (Å²) in [5.41, 5.74) is 0. The third-order valence-corrected chi connectivity index (χ3v) is 11.6. The highest BCUT2D eigenvalue weighted by Gasteiger charge is 2.19. The predicted molar refractivity (Wildman–Crippen MR) is 306 cm³/mol. The molecule has 0 aliphatic rings. The Morgan fingerprint density at radius 3 is 0.915 bits per heavy atom. The average Bonchev–Trinajstić information content (AvgIpc) is 3.37. The molecule has 0 radical (unpaired) electrons. The number of hydrogen-bond donors (Lipinski definition) is 0. The zero-order chi connectivity index (χ0) is 51.4. The smallest absolute Gasteiger partial charge is 0.306 e. The van der Waals surface area contributed by atoms with Crippen LogP contribution < -0.4 is 0 Å². The van der Waals surface area contributed by atoms with Crippen molar-refractivity contribution in [3.8, 4) is 0 Å². The van der Waals surface area contributed by atoms with E-state index >= 15 is 0 Å². The van der Waals surface area contributed by atoms with E-state index in [0.29, 0.717) is 19.3 Å². The van der Waals surface area contributed by atoms with Crippen molar-refractivity contribution in [2.24, 2.45) is 0 Å². The zero-order valence-corrected chi connectivity index (χ0v) is 45.7. The maximum Gasteiger partial charge on any atom is 0.306 e. The van der Waals surface area contributed by atoms with Gasteiger partial charge in [-0.05, 0) is 128 Å². The molecule has 0 aliphatic heterocycles. The Morgan fingerprint density at radius 2 is 0.563 bits per heavy atom. The summed E-state index contributed by atoms with van der Waals surface area (Å²) >= 11 is 0. The number of rotatable bonds is 50. The lowest BCUT2D eigenvalue weighted by atomic mass is 10.1. The fourth-order valence-corrected chi connectivity index (χ4v) is 7.38. The Balaban J connectivity index is 4.53. The van der Waals surface area contributed by atoms with Crippen LogP contribution in [0.5, 0.6) is 0 Å². The second-order valence-corrected chi connectivity index (χ2v) is 18.4. The Labute approximate surface area is 436 Å². The molecule has 0 N–H and O–H groups in total. The van der Waals surface area contributed by atoms with Crippen molar-refractivity contribution in [1.82, 2.24) is 0 Å². The molecule has 0 heterocycles. The fourth-order valence-electron chi connectivity index (χ4n) is 7.38. The molecule has 1 atom stereocenters. The molecule has 71 heavy (non-hydrogen) atoms. The molecule has 1 unspecified atom stereocenters. The van der Waals surface area contributed by atoms with E-state index in [-0.39, 0.29) is 37.5 Å². The summed E-state index contributed by atoms with van der Waals surface area (Å²) in [6, 6.07) is 0. The minimum Gasteiger partial charge on any atom is -0.462 e. The molecule has 0 rings (SSSR count). The van der Waals surface area contributed by atoms with Crippen LogP contribution in [0.25, 0.3) is 0 Å². The first-order chi connectivity index (χ1) is 35.0. The van der Waals surface area contributed by atoms with Gasteiger partial charge in [-0.2, -0.15) is 0 Å². The van der Waals surface area contributed by atoms with Gasteiger partial charge in [-0.15, -0.1) is 0 Å². The monoisotopic (exact) mass is 981 g/mol. The van der Waals surface area contributed by atoms with Crippen LogP contribution in [0.2, 0.25) is 0 Å². The standard InChI is InChI=1S/C65H104O6/c1-4-7-10-13-16-19-22-25-28-30-31-32-33-35-37-40-43-46-49-52-55-58-64(67)70-61-62(60-69-63(66)57-54-51-48-45-42-39-36-27-24-21-18-15-12-9-6-3)71-65(68)59-56-53-50-47-44-41-38-34-29-26-23-20-17-14-11-8-5-2/h7-8,10-11,16-17,19-20,25-29,31-32,35-38,41,47,50,62H,4-6,9,12-15,18,21-24,30,33-34,39-40,42-46,48-49,51-61H2,1-3H3/b10-7-,11-8-,19-16-,20-17-,28-25-,29-26-,32-31-,36-27-,37-35-,41-38-,50-47-. The van der Waals surface area contributed by atoms with E-state index in [2.05, 4.69) is 154 Å². The van der Waals surface area contributed by atoms with Crippen LogP contribution in [0.4, 0.5) is 0 Å². The van der Waals surface area contributed by atoms with Crippen molar-refractivity contribution in [1.29, 1.82) is 0 Å². The van der Waals surface area contributed by atoms with Crippen LogP contribution in [-0.2, 0) is 28.6 Å². The van der Waals surface area contributed by atoms with Crippen molar-refractivity contribution in [3.63, 3.8) is 0 Å². The number of ether oxygens (including phenoxy) is 3. The molecule has 0 aromatic carbocycles. The summed E-state index contributed by atoms with van der Waals surface area (Å²) in [6.45, 7) is 6.33. The third-order valence-electron chi connectivity index (χ3n) is 11.6. The van der Waals surface area contributed by atoms with E-state index in [1.165, 1.54) is 51.4 Å². The van der Waals surface area contributed by atoms with E-state index < -0.39 is 6.10 Å². The SMILES string of the molecule is CC/C=C\C/C=C\C/C=C\C/C=C\C/C=C\CCCCCCCC(=O)OCC(COC(=O)CCCCCCC/C=C\CCCCCCCC)OC(=O)CCC/C=C\C/C=C\C/C=C\C/C=C\C/C=C\CC. The first-order valence-electron chi connectivity index (χ1n) is 28.7. The van der Waals surface area contributed by atoms with Gasteiger partial charge >= 0.3 is 17.9 Å². The van der Waals surface area contributed by atoms with Crippen LogP contribution in [0.15, 0.2) is 134 Å². The van der Waals surface area contributed by atoms with Crippen molar-refractivity contribution < 1.29 is 28.6 Å². The molecule has 0 saturated carbocycles. The predicted octanol–water partition coefficient (Wildman–Crippen LogP) is 19.4. The Hall–Kier alpha value is -4.45. The highest BCUT2D eigenvalue weighted by atomic mass is 16.6. The largest absolute Gasteiger partial charge is 0.462 e. The lowest BCUT2D eigenvalue weighted by Gasteiger charge is -2.18. The van der Waals surface area contributed by atoms with Crippen LogP contribution in [0, 0.1) is 0 Å². The second kappa shape index (κ2) is 58.1. The van der Waals surface area contributed by atoms with Gasteiger partial charge in [-0.25, -0.2) is 0 Å². The third kappa shape index (κ3) is 56.3. The Morgan fingerprint density at radius 1 is 0.296 bits per heavy atom. The summed E-state index contributed by atoms with van der Waals surface area (Å²) in [7, 11) is 0. The minimum atomic E-state index is -0.825. The first kappa shape index (κ1) is 66.6. The maximum absolute atomic E-state index is 12.8. The molecular formula is C65H104O6. The fraction of sp³-hybridized carbons (Fsp3) is 0.615. The Bertz CT molecular complexity index is 1550. The van der Waals surface area contributed by atoms with Gasteiger partial charge < -0.3 is 14.2 Å². The van der Waals surface area contributed by atoms with Crippen LogP contribution in [-0.4, -0.2) is 37.2 Å². The number of carbonyl (C=O) groups is 3. The summed E-state index contributed by atoms with van der Waals surface area (Å²) in [5, 5.41) is 0. The van der Waals surface area contributed by atoms with Gasteiger partial charge in [0.2, 0.25) is 0 Å². The second-order valence-electron chi connectivity index (χ2n) is 18.4. The first-order valence-corrected chi connectivity index (χ1v) is 28.7. The van der Waals surface area contributed by atoms with Gasteiger partial charge in [0.15, 0.2) is 6.10 Å². The van der Waals surface area contributed by atoms with Gasteiger partial charge in [0, 0.05) is 19.3 Å². The van der Waals surface area contributed by atoms with E-state index in [1.807, 2.05) is 0 Å². The van der Waals surface area contributed by atoms with Crippen molar-refractivity contribution in [2.45, 2.75) is 245 Å². The molecule has 0 aromatic heterocycles. The highest BCUT2D eigenvalue weighted by molar-refractivity contribution is 5.71. The lowest BCUT2D eigenvalue weighted by Crippen LogP contribution is -2.30. The molecule has 0 aromatic rings. The number of esters is 3. The van der Waals surface area contributed by atoms with Gasteiger partial charge in [-0.3, -0.25) is 14.4 Å². The van der Waals surface area contributed by atoms with Gasteiger partial charge in [0.05, 0.1) is 0 Å². The van der Waals surface area contributed by atoms with Gasteiger partial charge in [0.1, 0.15) is 13.2 Å². The summed E-state index contributed by atoms with van der Waals surface area (Å²) in [6.07, 6.45) is 81.6. The van der Waals surface area contributed by atoms with Crippen LogP contribution >= 0.6 is 0 Å². The molecule has 6 nitrogen and oxygen atoms in total. The molecule has 0 saturated heterocycles. The molecule has 400 valence electrons. The van der Waals surface area contributed by atoms with E-state index in [1.54, 1.807) is 0 Å². The average molecular weight is 982 g/mol. The van der Waals surface area contributed by atoms with Crippen LogP contribution in [0.3, 0.4) is 0 Å². The number of allylic oxidation sites excluding steroid dienone is 22. The highest BCUT2D eigenvalue weighted by Crippen LogP contribution is 2.13.